The number of nitrogens with one attached hydrogen (secondary N) is 1. The van der Waals surface area contributed by atoms with Crippen LogP contribution in [0, 0.1) is 11.7 Å². The molecule has 2 aromatic carbocycles. The Balaban J connectivity index is 1.52. The topological polar surface area (TPSA) is 66.5 Å². The Morgan fingerprint density at radius 2 is 1.68 bits per heavy atom. The molecule has 0 bridgehead atoms. The Kier molecular flexibility index (Phi) is 7.17. The highest BCUT2D eigenvalue weighted by Crippen LogP contribution is 2.27. The number of sulfonamides is 1. The van der Waals surface area contributed by atoms with E-state index in [1.165, 1.54) is 10.4 Å². The number of nitrogens with zero attached hydrogens (tertiary/aromatic N) is 1. The van der Waals surface area contributed by atoms with Crippen molar-refractivity contribution < 1.29 is 17.6 Å². The molecule has 0 radical (unpaired) electrons. The lowest BCUT2D eigenvalue weighted by molar-refractivity contribution is -0.126. The van der Waals surface area contributed by atoms with E-state index in [0.717, 1.165) is 5.56 Å². The van der Waals surface area contributed by atoms with Crippen molar-refractivity contribution in [1.29, 1.82) is 0 Å². The van der Waals surface area contributed by atoms with Crippen LogP contribution in [0.1, 0.15) is 44.7 Å². The van der Waals surface area contributed by atoms with Gasteiger partial charge >= 0.3 is 0 Å². The van der Waals surface area contributed by atoms with Crippen LogP contribution in [0.15, 0.2) is 53.4 Å². The number of hydrogen-bond acceptors (Lipinski definition) is 3. The van der Waals surface area contributed by atoms with Crippen molar-refractivity contribution in [2.45, 2.75) is 50.3 Å². The number of benzene rings is 2. The highest BCUT2D eigenvalue weighted by molar-refractivity contribution is 7.89. The molecule has 0 atom stereocenters. The minimum Gasteiger partial charge on any atom is -0.356 e. The molecule has 1 heterocycles. The van der Waals surface area contributed by atoms with Crippen LogP contribution in [0.25, 0.3) is 0 Å². The Labute approximate surface area is 184 Å². The molecule has 1 aliphatic rings. The maximum absolute atomic E-state index is 13.7. The molecule has 1 fully saturated rings. The first-order valence-corrected chi connectivity index (χ1v) is 12.1. The van der Waals surface area contributed by atoms with Gasteiger partial charge in [0.25, 0.3) is 0 Å². The van der Waals surface area contributed by atoms with E-state index in [1.54, 1.807) is 30.3 Å². The average Bonchev–Trinajstić information content (AvgIpc) is 2.74. The van der Waals surface area contributed by atoms with Gasteiger partial charge in [-0.15, -0.1) is 0 Å². The van der Waals surface area contributed by atoms with Gasteiger partial charge in [0, 0.05) is 25.6 Å². The molecule has 3 rings (SSSR count). The van der Waals surface area contributed by atoms with E-state index in [1.807, 2.05) is 12.1 Å². The fourth-order valence-electron chi connectivity index (χ4n) is 3.80. The second kappa shape index (κ2) is 9.49. The summed E-state index contributed by atoms with van der Waals surface area (Å²) in [6, 6.07) is 13.6. The van der Waals surface area contributed by atoms with Gasteiger partial charge in [-0.25, -0.2) is 12.8 Å². The van der Waals surface area contributed by atoms with Gasteiger partial charge in [0.15, 0.2) is 0 Å². The number of carbonyl (C=O) groups excluding carboxylic acids is 1. The number of amides is 1. The molecule has 0 saturated carbocycles. The van der Waals surface area contributed by atoms with Crippen LogP contribution in [-0.4, -0.2) is 38.3 Å². The molecule has 7 heteroatoms. The van der Waals surface area contributed by atoms with Gasteiger partial charge in [0.05, 0.1) is 4.90 Å². The summed E-state index contributed by atoms with van der Waals surface area (Å²) in [6.07, 6.45) is 1.38. The summed E-state index contributed by atoms with van der Waals surface area (Å²) < 4.78 is 41.1. The van der Waals surface area contributed by atoms with Crippen LogP contribution < -0.4 is 5.32 Å². The number of halogens is 1. The van der Waals surface area contributed by atoms with Crippen molar-refractivity contribution in [3.8, 4) is 0 Å². The van der Waals surface area contributed by atoms with Crippen LogP contribution in [0.5, 0.6) is 0 Å². The monoisotopic (exact) mass is 446 g/mol. The Morgan fingerprint density at radius 1 is 1.06 bits per heavy atom. The van der Waals surface area contributed by atoms with E-state index in [-0.39, 0.29) is 28.0 Å². The number of carbonyl (C=O) groups is 1. The van der Waals surface area contributed by atoms with Crippen molar-refractivity contribution in [1.82, 2.24) is 9.62 Å². The summed E-state index contributed by atoms with van der Waals surface area (Å²) in [4.78, 5) is 12.7. The van der Waals surface area contributed by atoms with E-state index in [4.69, 9.17) is 0 Å². The molecule has 31 heavy (non-hydrogen) atoms. The summed E-state index contributed by atoms with van der Waals surface area (Å²) >= 11 is 0. The van der Waals surface area contributed by atoms with Crippen LogP contribution in [0.3, 0.4) is 0 Å². The fourth-order valence-corrected chi connectivity index (χ4v) is 5.27. The van der Waals surface area contributed by atoms with E-state index in [0.29, 0.717) is 44.5 Å². The largest absolute Gasteiger partial charge is 0.356 e. The summed E-state index contributed by atoms with van der Waals surface area (Å²) in [7, 11) is -3.57. The highest BCUT2D eigenvalue weighted by atomic mass is 32.2. The summed E-state index contributed by atoms with van der Waals surface area (Å²) in [6.45, 7) is 7.25. The lowest BCUT2D eigenvalue weighted by atomic mass is 9.87. The normalized spacial score (nSPS) is 16.3. The zero-order valence-corrected chi connectivity index (χ0v) is 19.2. The lowest BCUT2D eigenvalue weighted by Crippen LogP contribution is -2.43. The van der Waals surface area contributed by atoms with Gasteiger partial charge in [-0.3, -0.25) is 4.79 Å². The molecule has 0 spiro atoms. The first-order valence-electron chi connectivity index (χ1n) is 10.7. The second-order valence-corrected chi connectivity index (χ2v) is 11.0. The summed E-state index contributed by atoms with van der Waals surface area (Å²) in [5.41, 5.74) is 1.61. The predicted octanol–water partition coefficient (Wildman–Crippen LogP) is 3.88. The predicted molar refractivity (Wildman–Crippen MR) is 120 cm³/mol. The molecule has 5 nitrogen and oxygen atoms in total. The third-order valence-corrected chi connectivity index (χ3v) is 7.75. The van der Waals surface area contributed by atoms with Gasteiger partial charge in [-0.05, 0) is 54.0 Å². The number of piperidine rings is 1. The van der Waals surface area contributed by atoms with Gasteiger partial charge in [-0.2, -0.15) is 4.31 Å². The van der Waals surface area contributed by atoms with Crippen molar-refractivity contribution >= 4 is 15.9 Å². The molecule has 2 aromatic rings. The van der Waals surface area contributed by atoms with E-state index in [9.17, 15) is 17.6 Å². The van der Waals surface area contributed by atoms with Crippen LogP contribution >= 0.6 is 0 Å². The van der Waals surface area contributed by atoms with Gasteiger partial charge in [0.1, 0.15) is 5.82 Å². The Hall–Kier alpha value is -2.25. The molecular formula is C24H31FN2O3S. The minimum atomic E-state index is -3.57. The maximum atomic E-state index is 13.7. The van der Waals surface area contributed by atoms with Crippen molar-refractivity contribution in [2.24, 2.45) is 5.92 Å². The minimum absolute atomic E-state index is 0.0414. The quantitative estimate of drug-likeness (QED) is 0.732. The SMILES string of the molecule is CC(C)(C)c1ccc(S(=O)(=O)N2CCC(C(=O)NCCc3ccccc3F)CC2)cc1. The molecule has 1 amide bonds. The van der Waals surface area contributed by atoms with Crippen molar-refractivity contribution in [2.75, 3.05) is 19.6 Å². The second-order valence-electron chi connectivity index (χ2n) is 9.09. The molecule has 168 valence electrons. The third kappa shape index (κ3) is 5.71. The first-order chi connectivity index (χ1) is 14.6. The molecule has 1 N–H and O–H groups in total. The van der Waals surface area contributed by atoms with E-state index < -0.39 is 10.0 Å². The first kappa shape index (κ1) is 23.4. The van der Waals surface area contributed by atoms with Gasteiger partial charge in [0.2, 0.25) is 15.9 Å². The molecule has 1 aliphatic heterocycles. The molecule has 1 saturated heterocycles. The lowest BCUT2D eigenvalue weighted by Gasteiger charge is -2.30. The highest BCUT2D eigenvalue weighted by Gasteiger charge is 2.32. The Morgan fingerprint density at radius 3 is 2.26 bits per heavy atom. The van der Waals surface area contributed by atoms with Crippen molar-refractivity contribution in [3.63, 3.8) is 0 Å². The fraction of sp³-hybridized carbons (Fsp3) is 0.458. The third-order valence-electron chi connectivity index (χ3n) is 5.83. The zero-order chi connectivity index (χ0) is 22.6. The standard InChI is InChI=1S/C24H31FN2O3S/c1-24(2,3)20-8-10-21(11-9-20)31(29,30)27-16-13-19(14-17-27)23(28)26-15-12-18-6-4-5-7-22(18)25/h4-11,19H,12-17H2,1-3H3,(H,26,28). The van der Waals surface area contributed by atoms with Crippen LogP contribution in [0.2, 0.25) is 0 Å². The number of rotatable bonds is 6. The van der Waals surface area contributed by atoms with Crippen LogP contribution in [0.4, 0.5) is 4.39 Å². The van der Waals surface area contributed by atoms with Gasteiger partial charge < -0.3 is 5.32 Å². The van der Waals surface area contributed by atoms with E-state index >= 15 is 0 Å². The molecular weight excluding hydrogens is 415 g/mol. The zero-order valence-electron chi connectivity index (χ0n) is 18.4. The Bertz CT molecular complexity index is 1010. The maximum Gasteiger partial charge on any atom is 0.243 e. The smallest absolute Gasteiger partial charge is 0.243 e. The van der Waals surface area contributed by atoms with Crippen LogP contribution in [-0.2, 0) is 26.7 Å². The molecule has 0 unspecified atom stereocenters. The van der Waals surface area contributed by atoms with Gasteiger partial charge in [-0.1, -0.05) is 51.1 Å². The molecule has 0 aliphatic carbocycles. The number of hydrogen-bond donors (Lipinski definition) is 1. The summed E-state index contributed by atoms with van der Waals surface area (Å²) in [5.74, 6) is -0.593. The average molecular weight is 447 g/mol. The summed E-state index contributed by atoms with van der Waals surface area (Å²) in [5, 5.41) is 2.86. The van der Waals surface area contributed by atoms with E-state index in [2.05, 4.69) is 26.1 Å². The molecule has 0 aromatic heterocycles. The van der Waals surface area contributed by atoms with Crippen molar-refractivity contribution in [3.05, 3.63) is 65.5 Å².